The van der Waals surface area contributed by atoms with E-state index >= 15 is 0 Å². The molecule has 0 aliphatic rings. The van der Waals surface area contributed by atoms with E-state index in [4.69, 9.17) is 16.6 Å². The molecule has 0 aliphatic carbocycles. The lowest BCUT2D eigenvalue weighted by Crippen LogP contribution is -2.55. The second-order valence-electron chi connectivity index (χ2n) is 7.15. The number of carboxylic acid groups (broad SMARTS) is 2. The van der Waals surface area contributed by atoms with Crippen molar-refractivity contribution < 1.29 is 34.5 Å². The lowest BCUT2D eigenvalue weighted by atomic mass is 10.0. The molecule has 3 atom stereocenters. The normalized spacial score (nSPS) is 13.6. The molecule has 172 valence electrons. The van der Waals surface area contributed by atoms with Gasteiger partial charge in [0.1, 0.15) is 17.8 Å². The Kier molecular flexibility index (Phi) is 11.0. The van der Waals surface area contributed by atoms with Crippen molar-refractivity contribution in [3.05, 3.63) is 29.8 Å². The van der Waals surface area contributed by atoms with E-state index in [1.54, 1.807) is 12.1 Å². The van der Waals surface area contributed by atoms with E-state index in [0.29, 0.717) is 31.4 Å². The number of unbranched alkanes of at least 4 members (excludes halogenated alkanes) is 1. The van der Waals surface area contributed by atoms with Crippen LogP contribution in [-0.2, 0) is 25.6 Å². The van der Waals surface area contributed by atoms with Gasteiger partial charge in [-0.3, -0.25) is 14.4 Å². The molecule has 11 nitrogen and oxygen atoms in total. The summed E-state index contributed by atoms with van der Waals surface area (Å²) >= 11 is 0. The maximum atomic E-state index is 12.7. The maximum absolute atomic E-state index is 12.7. The summed E-state index contributed by atoms with van der Waals surface area (Å²) in [6, 6.07) is 2.49. The first-order chi connectivity index (χ1) is 14.6. The van der Waals surface area contributed by atoms with E-state index in [9.17, 15) is 29.4 Å². The van der Waals surface area contributed by atoms with Gasteiger partial charge in [-0.1, -0.05) is 18.6 Å². The third kappa shape index (κ3) is 9.92. The summed E-state index contributed by atoms with van der Waals surface area (Å²) in [6.45, 7) is 0.465. The summed E-state index contributed by atoms with van der Waals surface area (Å²) in [5, 5.41) is 32.3. The van der Waals surface area contributed by atoms with Gasteiger partial charge in [0.2, 0.25) is 11.8 Å². The Morgan fingerprint density at radius 3 is 2.06 bits per heavy atom. The van der Waals surface area contributed by atoms with Crippen molar-refractivity contribution in [2.45, 2.75) is 56.7 Å². The first kappa shape index (κ1) is 25.9. The molecule has 0 aliphatic heterocycles. The SMILES string of the molecule is NCCCC[C@H](N)C(=O)N[C@@H](Cc1ccc(O)cc1)C(=O)N[C@@H](CCC(=O)O)C(=O)O. The van der Waals surface area contributed by atoms with Crippen molar-refractivity contribution in [3.63, 3.8) is 0 Å². The average Bonchev–Trinajstić information content (AvgIpc) is 2.71. The van der Waals surface area contributed by atoms with Gasteiger partial charge in [-0.05, 0) is 43.5 Å². The van der Waals surface area contributed by atoms with Crippen molar-refractivity contribution >= 4 is 23.8 Å². The van der Waals surface area contributed by atoms with Crippen LogP contribution >= 0.6 is 0 Å². The lowest BCUT2D eigenvalue weighted by molar-refractivity contribution is -0.143. The number of benzene rings is 1. The van der Waals surface area contributed by atoms with Gasteiger partial charge in [-0.25, -0.2) is 4.79 Å². The Morgan fingerprint density at radius 1 is 0.903 bits per heavy atom. The van der Waals surface area contributed by atoms with Gasteiger partial charge in [0.05, 0.1) is 6.04 Å². The second kappa shape index (κ2) is 13.2. The van der Waals surface area contributed by atoms with E-state index in [1.807, 2.05) is 0 Å². The number of aromatic hydroxyl groups is 1. The highest BCUT2D eigenvalue weighted by Gasteiger charge is 2.28. The fraction of sp³-hybridized carbons (Fsp3) is 0.500. The van der Waals surface area contributed by atoms with Gasteiger partial charge < -0.3 is 37.4 Å². The molecule has 9 N–H and O–H groups in total. The lowest BCUT2D eigenvalue weighted by Gasteiger charge is -2.23. The standard InChI is InChI=1S/C20H30N4O7/c21-10-2-1-3-14(22)18(28)24-16(11-12-4-6-13(25)7-5-12)19(29)23-15(20(30)31)8-9-17(26)27/h4-7,14-16,25H,1-3,8-11,21-22H2,(H,23,29)(H,24,28)(H,26,27)(H,30,31)/t14-,15-,16-/m0/s1. The highest BCUT2D eigenvalue weighted by Crippen LogP contribution is 2.12. The Hall–Kier alpha value is -3.18. The van der Waals surface area contributed by atoms with E-state index < -0.39 is 48.3 Å². The first-order valence-electron chi connectivity index (χ1n) is 9.93. The number of carbonyl (C=O) groups is 4. The van der Waals surface area contributed by atoms with Crippen LogP contribution < -0.4 is 22.1 Å². The van der Waals surface area contributed by atoms with Crippen molar-refractivity contribution in [2.24, 2.45) is 11.5 Å². The molecule has 0 bridgehead atoms. The maximum Gasteiger partial charge on any atom is 0.326 e. The zero-order chi connectivity index (χ0) is 23.4. The summed E-state index contributed by atoms with van der Waals surface area (Å²) < 4.78 is 0. The monoisotopic (exact) mass is 438 g/mol. The Labute approximate surface area is 179 Å². The largest absolute Gasteiger partial charge is 0.508 e. The van der Waals surface area contributed by atoms with Crippen molar-refractivity contribution in [1.29, 1.82) is 0 Å². The molecule has 0 radical (unpaired) electrons. The minimum absolute atomic E-state index is 0.0125. The summed E-state index contributed by atoms with van der Waals surface area (Å²) in [4.78, 5) is 47.3. The fourth-order valence-corrected chi connectivity index (χ4v) is 2.79. The molecule has 0 fully saturated rings. The van der Waals surface area contributed by atoms with Crippen LogP contribution in [-0.4, -0.2) is 63.7 Å². The van der Waals surface area contributed by atoms with Gasteiger partial charge in [0, 0.05) is 12.8 Å². The summed E-state index contributed by atoms with van der Waals surface area (Å²) in [7, 11) is 0. The number of hydrogen-bond acceptors (Lipinski definition) is 7. The molecule has 1 aromatic carbocycles. The number of carbonyl (C=O) groups excluding carboxylic acids is 2. The molecular formula is C20H30N4O7. The van der Waals surface area contributed by atoms with Crippen LogP contribution in [0.5, 0.6) is 5.75 Å². The second-order valence-corrected chi connectivity index (χ2v) is 7.15. The summed E-state index contributed by atoms with van der Waals surface area (Å²) in [6.07, 6.45) is 0.956. The summed E-state index contributed by atoms with van der Waals surface area (Å²) in [5.74, 6) is -3.92. The van der Waals surface area contributed by atoms with Crippen LogP contribution in [0.4, 0.5) is 0 Å². The molecule has 0 aromatic heterocycles. The predicted molar refractivity (Wildman–Crippen MR) is 111 cm³/mol. The number of phenolic OH excluding ortho intramolecular Hbond substituents is 1. The zero-order valence-corrected chi connectivity index (χ0v) is 17.1. The van der Waals surface area contributed by atoms with Crippen LogP contribution in [0, 0.1) is 0 Å². The minimum Gasteiger partial charge on any atom is -0.508 e. The molecule has 1 rings (SSSR count). The van der Waals surface area contributed by atoms with Gasteiger partial charge in [0.25, 0.3) is 0 Å². The van der Waals surface area contributed by atoms with Crippen LogP contribution in [0.1, 0.15) is 37.7 Å². The number of phenols is 1. The highest BCUT2D eigenvalue weighted by atomic mass is 16.4. The minimum atomic E-state index is -1.43. The molecule has 2 amide bonds. The van der Waals surface area contributed by atoms with Crippen LogP contribution in [0.25, 0.3) is 0 Å². The van der Waals surface area contributed by atoms with Crippen LogP contribution in [0.15, 0.2) is 24.3 Å². The highest BCUT2D eigenvalue weighted by molar-refractivity contribution is 5.92. The van der Waals surface area contributed by atoms with Crippen molar-refractivity contribution in [2.75, 3.05) is 6.54 Å². The van der Waals surface area contributed by atoms with Crippen molar-refractivity contribution in [3.8, 4) is 5.75 Å². The molecular weight excluding hydrogens is 408 g/mol. The number of rotatable bonds is 14. The van der Waals surface area contributed by atoms with Gasteiger partial charge in [-0.15, -0.1) is 0 Å². The van der Waals surface area contributed by atoms with Crippen LogP contribution in [0.2, 0.25) is 0 Å². The Bertz CT molecular complexity index is 754. The molecule has 0 saturated carbocycles. The Morgan fingerprint density at radius 2 is 1.52 bits per heavy atom. The smallest absolute Gasteiger partial charge is 0.326 e. The molecule has 0 saturated heterocycles. The molecule has 0 unspecified atom stereocenters. The van der Waals surface area contributed by atoms with Gasteiger partial charge in [0.15, 0.2) is 0 Å². The summed E-state index contributed by atoms with van der Waals surface area (Å²) in [5.41, 5.74) is 11.9. The van der Waals surface area contributed by atoms with Crippen molar-refractivity contribution in [1.82, 2.24) is 10.6 Å². The number of hydrogen-bond donors (Lipinski definition) is 7. The molecule has 11 heteroatoms. The van der Waals surface area contributed by atoms with Gasteiger partial charge in [-0.2, -0.15) is 0 Å². The third-order valence-corrected chi connectivity index (χ3v) is 4.58. The average molecular weight is 438 g/mol. The zero-order valence-electron chi connectivity index (χ0n) is 17.1. The number of nitrogens with one attached hydrogen (secondary N) is 2. The number of aliphatic carboxylic acids is 2. The molecule has 31 heavy (non-hydrogen) atoms. The van der Waals surface area contributed by atoms with Crippen LogP contribution in [0.3, 0.4) is 0 Å². The fourth-order valence-electron chi connectivity index (χ4n) is 2.79. The predicted octanol–water partition coefficient (Wildman–Crippen LogP) is -0.690. The van der Waals surface area contributed by atoms with E-state index in [1.165, 1.54) is 12.1 Å². The number of nitrogens with two attached hydrogens (primary N) is 2. The number of amides is 2. The van der Waals surface area contributed by atoms with E-state index in [-0.39, 0.29) is 18.6 Å². The third-order valence-electron chi connectivity index (χ3n) is 4.58. The van der Waals surface area contributed by atoms with E-state index in [0.717, 1.165) is 0 Å². The topological polar surface area (TPSA) is 205 Å². The quantitative estimate of drug-likeness (QED) is 0.183. The molecule has 1 aromatic rings. The van der Waals surface area contributed by atoms with Gasteiger partial charge >= 0.3 is 11.9 Å². The molecule has 0 heterocycles. The van der Waals surface area contributed by atoms with E-state index in [2.05, 4.69) is 10.6 Å². The first-order valence-corrected chi connectivity index (χ1v) is 9.93. The Balaban J connectivity index is 2.92. The number of carboxylic acids is 2. The molecule has 0 spiro atoms.